The molecular weight excluding hydrogens is 263 g/mol. The lowest BCUT2D eigenvalue weighted by Gasteiger charge is -1.99. The van der Waals surface area contributed by atoms with Gasteiger partial charge in [0.05, 0.1) is 5.69 Å². The average molecular weight is 271 g/mol. The van der Waals surface area contributed by atoms with Gasteiger partial charge in [0, 0.05) is 16.8 Å². The highest BCUT2D eigenvalue weighted by Crippen LogP contribution is 2.19. The van der Waals surface area contributed by atoms with Gasteiger partial charge in [-0.1, -0.05) is 35.3 Å². The van der Waals surface area contributed by atoms with E-state index >= 15 is 0 Å². The van der Waals surface area contributed by atoms with Crippen molar-refractivity contribution < 1.29 is 9.53 Å². The number of alkyl halides is 1. The number of halogens is 2. The standard InChI is InChI=1S/C11H8Cl2N2O2/c12-7-17-11(16)15-6-5-10(14-15)8-1-3-9(13)4-2-8/h1-6H,7H2. The van der Waals surface area contributed by atoms with Crippen molar-refractivity contribution in [2.45, 2.75) is 0 Å². The SMILES string of the molecule is O=C(OCCl)n1ccc(-c2ccc(Cl)cc2)n1. The molecular formula is C11H8Cl2N2O2. The fourth-order valence-corrected chi connectivity index (χ4v) is 1.53. The third-order valence-corrected chi connectivity index (χ3v) is 2.46. The first-order valence-electron chi connectivity index (χ1n) is 4.75. The van der Waals surface area contributed by atoms with E-state index in [-0.39, 0.29) is 6.07 Å². The van der Waals surface area contributed by atoms with Crippen molar-refractivity contribution in [3.05, 3.63) is 41.6 Å². The van der Waals surface area contributed by atoms with Crippen molar-refractivity contribution in [2.24, 2.45) is 0 Å². The molecule has 0 unspecified atom stereocenters. The molecule has 0 aliphatic rings. The first-order valence-corrected chi connectivity index (χ1v) is 5.66. The van der Waals surface area contributed by atoms with E-state index in [0.29, 0.717) is 10.7 Å². The maximum absolute atomic E-state index is 11.3. The number of hydrogen-bond acceptors (Lipinski definition) is 3. The van der Waals surface area contributed by atoms with Crippen LogP contribution in [0.2, 0.25) is 5.02 Å². The maximum Gasteiger partial charge on any atom is 0.435 e. The van der Waals surface area contributed by atoms with Gasteiger partial charge in [-0.05, 0) is 18.2 Å². The summed E-state index contributed by atoms with van der Waals surface area (Å²) in [6.07, 6.45) is 0.902. The summed E-state index contributed by atoms with van der Waals surface area (Å²) in [5.74, 6) is 0. The van der Waals surface area contributed by atoms with Crippen molar-refractivity contribution in [3.63, 3.8) is 0 Å². The van der Waals surface area contributed by atoms with Gasteiger partial charge in [-0.3, -0.25) is 0 Å². The summed E-state index contributed by atoms with van der Waals surface area (Å²) in [6, 6.07) is 8.66. The number of benzene rings is 1. The number of nitrogens with zero attached hydrogens (tertiary/aromatic N) is 2. The normalized spacial score (nSPS) is 10.2. The zero-order valence-electron chi connectivity index (χ0n) is 8.64. The number of carbonyl (C=O) groups is 1. The lowest BCUT2D eigenvalue weighted by Crippen LogP contribution is -2.13. The third kappa shape index (κ3) is 2.78. The van der Waals surface area contributed by atoms with Crippen LogP contribution in [0, 0.1) is 0 Å². The van der Waals surface area contributed by atoms with Crippen LogP contribution in [0.1, 0.15) is 0 Å². The molecule has 6 heteroatoms. The molecule has 0 aliphatic carbocycles. The largest absolute Gasteiger partial charge is 0.435 e. The molecule has 0 radical (unpaired) electrons. The average Bonchev–Trinajstić information content (AvgIpc) is 2.80. The van der Waals surface area contributed by atoms with Gasteiger partial charge in [-0.25, -0.2) is 4.79 Å². The molecule has 0 saturated heterocycles. The highest BCUT2D eigenvalue weighted by Gasteiger charge is 2.08. The summed E-state index contributed by atoms with van der Waals surface area (Å²) in [5, 5.41) is 4.72. The van der Waals surface area contributed by atoms with Crippen LogP contribution in [0.3, 0.4) is 0 Å². The van der Waals surface area contributed by atoms with Gasteiger partial charge >= 0.3 is 6.09 Å². The number of carbonyl (C=O) groups excluding carboxylic acids is 1. The Balaban J connectivity index is 2.23. The molecule has 2 aromatic rings. The van der Waals surface area contributed by atoms with E-state index in [9.17, 15) is 4.79 Å². The molecule has 1 aromatic heterocycles. The Morgan fingerprint density at radius 3 is 2.65 bits per heavy atom. The third-order valence-electron chi connectivity index (χ3n) is 2.09. The van der Waals surface area contributed by atoms with Crippen molar-refractivity contribution in [1.29, 1.82) is 0 Å². The predicted octanol–water partition coefficient (Wildman–Crippen LogP) is 3.38. The quantitative estimate of drug-likeness (QED) is 0.786. The molecule has 1 aromatic carbocycles. The van der Waals surface area contributed by atoms with E-state index < -0.39 is 6.09 Å². The Morgan fingerprint density at radius 1 is 1.29 bits per heavy atom. The van der Waals surface area contributed by atoms with Crippen LogP contribution < -0.4 is 0 Å². The van der Waals surface area contributed by atoms with E-state index in [2.05, 4.69) is 9.84 Å². The zero-order valence-corrected chi connectivity index (χ0v) is 10.1. The van der Waals surface area contributed by atoms with Gasteiger partial charge in [-0.15, -0.1) is 0 Å². The van der Waals surface area contributed by atoms with Crippen molar-refractivity contribution in [1.82, 2.24) is 9.78 Å². The van der Waals surface area contributed by atoms with Crippen LogP contribution in [0.4, 0.5) is 4.79 Å². The number of aromatic nitrogens is 2. The monoisotopic (exact) mass is 270 g/mol. The Hall–Kier alpha value is -1.52. The lowest BCUT2D eigenvalue weighted by atomic mass is 10.2. The molecule has 17 heavy (non-hydrogen) atoms. The first kappa shape index (κ1) is 12.0. The van der Waals surface area contributed by atoms with E-state index in [4.69, 9.17) is 23.2 Å². The number of rotatable bonds is 2. The van der Waals surface area contributed by atoms with Gasteiger partial charge in [0.1, 0.15) is 0 Å². The zero-order chi connectivity index (χ0) is 12.3. The highest BCUT2D eigenvalue weighted by molar-refractivity contribution is 6.30. The first-order chi connectivity index (χ1) is 8.20. The van der Waals surface area contributed by atoms with Gasteiger partial charge in [-0.2, -0.15) is 9.78 Å². The molecule has 0 N–H and O–H groups in total. The van der Waals surface area contributed by atoms with Gasteiger partial charge in [0.15, 0.2) is 6.07 Å². The summed E-state index contributed by atoms with van der Waals surface area (Å²) in [7, 11) is 0. The summed E-state index contributed by atoms with van der Waals surface area (Å²) < 4.78 is 5.69. The van der Waals surface area contributed by atoms with Crippen LogP contribution >= 0.6 is 23.2 Å². The summed E-state index contributed by atoms with van der Waals surface area (Å²) >= 11 is 11.1. The van der Waals surface area contributed by atoms with Crippen LogP contribution in [0.5, 0.6) is 0 Å². The van der Waals surface area contributed by atoms with Gasteiger partial charge in [0.25, 0.3) is 0 Å². The van der Waals surface area contributed by atoms with Crippen LogP contribution in [0.15, 0.2) is 36.5 Å². The molecule has 0 fully saturated rings. The molecule has 0 saturated carbocycles. The maximum atomic E-state index is 11.3. The minimum absolute atomic E-state index is 0.199. The Morgan fingerprint density at radius 2 is 2.00 bits per heavy atom. The van der Waals surface area contributed by atoms with Crippen LogP contribution in [-0.4, -0.2) is 21.9 Å². The lowest BCUT2D eigenvalue weighted by molar-refractivity contribution is 0.163. The molecule has 0 atom stereocenters. The summed E-state index contributed by atoms with van der Waals surface area (Å²) in [6.45, 7) is 0. The van der Waals surface area contributed by atoms with Crippen molar-refractivity contribution in [3.8, 4) is 11.3 Å². The van der Waals surface area contributed by atoms with E-state index in [1.807, 2.05) is 12.1 Å². The van der Waals surface area contributed by atoms with E-state index in [0.717, 1.165) is 10.2 Å². The number of hydrogen-bond donors (Lipinski definition) is 0. The van der Waals surface area contributed by atoms with Crippen molar-refractivity contribution in [2.75, 3.05) is 6.07 Å². The fraction of sp³-hybridized carbons (Fsp3) is 0.0909. The molecule has 88 valence electrons. The molecule has 0 spiro atoms. The van der Waals surface area contributed by atoms with E-state index in [1.54, 1.807) is 18.2 Å². The van der Waals surface area contributed by atoms with Crippen molar-refractivity contribution >= 4 is 29.3 Å². The highest BCUT2D eigenvalue weighted by atomic mass is 35.5. The minimum Gasteiger partial charge on any atom is -0.432 e. The molecule has 4 nitrogen and oxygen atoms in total. The topological polar surface area (TPSA) is 44.1 Å². The molecule has 1 heterocycles. The summed E-state index contributed by atoms with van der Waals surface area (Å²) in [5.41, 5.74) is 1.53. The predicted molar refractivity (Wildman–Crippen MR) is 65.3 cm³/mol. The second kappa shape index (κ2) is 5.21. The minimum atomic E-state index is -0.611. The summed E-state index contributed by atoms with van der Waals surface area (Å²) in [4.78, 5) is 11.3. The Kier molecular flexibility index (Phi) is 3.66. The molecule has 0 amide bonds. The van der Waals surface area contributed by atoms with Crippen LogP contribution in [0.25, 0.3) is 11.3 Å². The smallest absolute Gasteiger partial charge is 0.432 e. The second-order valence-electron chi connectivity index (χ2n) is 3.17. The Labute approximate surface area is 108 Å². The molecule has 2 rings (SSSR count). The Bertz CT molecular complexity index is 523. The van der Waals surface area contributed by atoms with E-state index in [1.165, 1.54) is 6.20 Å². The fourth-order valence-electron chi connectivity index (χ4n) is 1.31. The second-order valence-corrected chi connectivity index (χ2v) is 3.83. The molecule has 0 bridgehead atoms. The van der Waals surface area contributed by atoms with Gasteiger partial charge in [0.2, 0.25) is 0 Å². The number of ether oxygens (including phenoxy) is 1. The van der Waals surface area contributed by atoms with Crippen LogP contribution in [-0.2, 0) is 4.74 Å². The molecule has 0 aliphatic heterocycles. The van der Waals surface area contributed by atoms with Gasteiger partial charge < -0.3 is 4.74 Å².